The van der Waals surface area contributed by atoms with Crippen LogP contribution in [0.25, 0.3) is 0 Å². The van der Waals surface area contributed by atoms with Gasteiger partial charge in [-0.2, -0.15) is 0 Å². The van der Waals surface area contributed by atoms with Gasteiger partial charge in [0, 0.05) is 6.54 Å². The van der Waals surface area contributed by atoms with Gasteiger partial charge in [0.05, 0.1) is 26.2 Å². The first-order valence-electron chi connectivity index (χ1n) is 5.63. The summed E-state index contributed by atoms with van der Waals surface area (Å²) in [5, 5.41) is 44.3. The van der Waals surface area contributed by atoms with Gasteiger partial charge in [-0.15, -0.1) is 0 Å². The molecule has 1 unspecified atom stereocenters. The summed E-state index contributed by atoms with van der Waals surface area (Å²) < 4.78 is 0. The molecule has 0 rings (SSSR count). The molecule has 11 nitrogen and oxygen atoms in total. The Morgan fingerprint density at radius 2 is 0.958 bits per heavy atom. The van der Waals surface area contributed by atoms with Crippen LogP contribution in [0.2, 0.25) is 0 Å². The Morgan fingerprint density at radius 1 is 0.667 bits per heavy atom. The monoisotopic (exact) mass is 380 g/mol. The van der Waals surface area contributed by atoms with Crippen molar-refractivity contribution < 1.29 is 44.7 Å². The maximum atomic E-state index is 10.6. The van der Waals surface area contributed by atoms with Crippen LogP contribution in [0.4, 0.5) is 0 Å². The van der Waals surface area contributed by atoms with Crippen LogP contribution in [0, 0.1) is 0 Å². The van der Waals surface area contributed by atoms with Gasteiger partial charge in [-0.05, 0) is 0 Å². The van der Waals surface area contributed by atoms with E-state index >= 15 is 0 Å². The van der Waals surface area contributed by atoms with Crippen molar-refractivity contribution in [1.82, 2.24) is 9.80 Å². The van der Waals surface area contributed by atoms with Crippen molar-refractivity contribution in [2.45, 2.75) is 6.23 Å². The number of hydrogen-bond acceptors (Lipinski definition) is 7. The number of aliphatic carboxylic acids is 4. The van der Waals surface area contributed by atoms with Gasteiger partial charge in [-0.1, -0.05) is 0 Å². The van der Waals surface area contributed by atoms with E-state index < -0.39 is 62.8 Å². The number of hydrogen-bond donors (Lipinski definition) is 5. The molecule has 0 aromatic rings. The van der Waals surface area contributed by atoms with Gasteiger partial charge in [-0.25, -0.2) is 0 Å². The van der Waals surface area contributed by atoms with E-state index in [1.807, 2.05) is 0 Å². The second kappa shape index (κ2) is 17.2. The van der Waals surface area contributed by atoms with E-state index in [9.17, 15) is 24.3 Å². The molecule has 0 aromatic heterocycles. The maximum absolute atomic E-state index is 10.6. The quantitative estimate of drug-likeness (QED) is 0.172. The fourth-order valence-electron chi connectivity index (χ4n) is 1.53. The van der Waals surface area contributed by atoms with E-state index in [1.165, 1.54) is 0 Å². The zero-order chi connectivity index (χ0) is 16.6. The molecule has 0 aromatic carbocycles. The first-order chi connectivity index (χ1) is 9.61. The van der Waals surface area contributed by atoms with Crippen molar-refractivity contribution in [3.63, 3.8) is 0 Å². The summed E-state index contributed by atoms with van der Waals surface area (Å²) in [6, 6.07) is 0. The van der Waals surface area contributed by atoms with Crippen LogP contribution >= 0.6 is 0 Å². The molecule has 14 heteroatoms. The number of carboxylic acid groups (broad SMARTS) is 4. The minimum absolute atomic E-state index is 0. The van der Waals surface area contributed by atoms with Gasteiger partial charge in [0.2, 0.25) is 0 Å². The molecule has 1 atom stereocenters. The van der Waals surface area contributed by atoms with Crippen molar-refractivity contribution >= 4 is 113 Å². The van der Waals surface area contributed by atoms with Crippen LogP contribution in [-0.4, -0.2) is 187 Å². The number of nitrogens with zero attached hydrogens (tertiary/aromatic N) is 2. The van der Waals surface area contributed by atoms with Gasteiger partial charge >= 0.3 is 113 Å². The minimum atomic E-state index is -1.64. The fourth-order valence-corrected chi connectivity index (χ4v) is 1.53. The number of carboxylic acids is 4. The SMILES string of the molecule is O=C(O)CN(CC(=O)O)CC(O)N(CC(=O)O)CC(=O)O.[NaH].[NaH].[NaH]. The molecule has 0 radical (unpaired) electrons. The summed E-state index contributed by atoms with van der Waals surface area (Å²) in [5.41, 5.74) is 0. The summed E-state index contributed by atoms with van der Waals surface area (Å²) in [5.74, 6) is -5.46. The Morgan fingerprint density at radius 3 is 1.21 bits per heavy atom. The van der Waals surface area contributed by atoms with Gasteiger partial charge in [0.15, 0.2) is 0 Å². The van der Waals surface area contributed by atoms with E-state index in [1.54, 1.807) is 0 Å². The molecule has 0 saturated heterocycles. The number of rotatable bonds is 11. The molecule has 24 heavy (non-hydrogen) atoms. The zero-order valence-corrected chi connectivity index (χ0v) is 10.9. The van der Waals surface area contributed by atoms with Crippen LogP contribution < -0.4 is 0 Å². The zero-order valence-electron chi connectivity index (χ0n) is 10.9. The Balaban J connectivity index is -0.000000667. The van der Waals surface area contributed by atoms with Crippen molar-refractivity contribution in [1.29, 1.82) is 0 Å². The molecule has 0 fully saturated rings. The van der Waals surface area contributed by atoms with Crippen LogP contribution in [0.5, 0.6) is 0 Å². The fraction of sp³-hybridized carbons (Fsp3) is 0.600. The first-order valence-corrected chi connectivity index (χ1v) is 5.63. The average molecular weight is 380 g/mol. The molecule has 0 heterocycles. The number of aliphatic hydroxyl groups is 1. The Labute approximate surface area is 203 Å². The van der Waals surface area contributed by atoms with Gasteiger partial charge in [-0.3, -0.25) is 29.0 Å². The van der Waals surface area contributed by atoms with E-state index in [2.05, 4.69) is 0 Å². The Hall–Kier alpha value is 0.760. The van der Waals surface area contributed by atoms with E-state index in [4.69, 9.17) is 20.4 Å². The third kappa shape index (κ3) is 17.6. The molecule has 0 aliphatic carbocycles. The first kappa shape index (κ1) is 32.4. The summed E-state index contributed by atoms with van der Waals surface area (Å²) in [4.78, 5) is 43.8. The van der Waals surface area contributed by atoms with Gasteiger partial charge in [0.1, 0.15) is 6.23 Å². The Bertz CT molecular complexity index is 392. The van der Waals surface area contributed by atoms with Gasteiger partial charge < -0.3 is 25.5 Å². The topological polar surface area (TPSA) is 176 Å². The van der Waals surface area contributed by atoms with Crippen LogP contribution in [0.15, 0.2) is 0 Å². The van der Waals surface area contributed by atoms with E-state index in [0.29, 0.717) is 4.90 Å². The Kier molecular flexibility index (Phi) is 23.2. The van der Waals surface area contributed by atoms with E-state index in [0.717, 1.165) is 4.90 Å². The molecule has 126 valence electrons. The second-order valence-corrected chi connectivity index (χ2v) is 4.13. The summed E-state index contributed by atoms with van der Waals surface area (Å²) in [6.45, 7) is -3.50. The molecule has 0 saturated carbocycles. The molecular weight excluding hydrogens is 361 g/mol. The average Bonchev–Trinajstić information content (AvgIpc) is 2.24. The van der Waals surface area contributed by atoms with Gasteiger partial charge in [0.25, 0.3) is 0 Å². The normalized spacial score (nSPS) is 10.8. The van der Waals surface area contributed by atoms with Crippen molar-refractivity contribution in [2.24, 2.45) is 0 Å². The van der Waals surface area contributed by atoms with E-state index in [-0.39, 0.29) is 88.7 Å². The van der Waals surface area contributed by atoms with Crippen LogP contribution in [-0.2, 0) is 19.2 Å². The molecule has 0 bridgehead atoms. The van der Waals surface area contributed by atoms with Crippen LogP contribution in [0.1, 0.15) is 0 Å². The summed E-state index contributed by atoms with van der Waals surface area (Å²) in [6.07, 6.45) is -1.64. The molecule has 0 amide bonds. The van der Waals surface area contributed by atoms with Crippen LogP contribution in [0.3, 0.4) is 0 Å². The molecule has 0 aliphatic rings. The molecule has 0 spiro atoms. The third-order valence-electron chi connectivity index (χ3n) is 2.24. The predicted octanol–water partition coefficient (Wildman–Crippen LogP) is -4.70. The molecule has 0 aliphatic heterocycles. The van der Waals surface area contributed by atoms with Crippen molar-refractivity contribution in [2.75, 3.05) is 32.7 Å². The third-order valence-corrected chi connectivity index (χ3v) is 2.24. The molecule has 5 N–H and O–H groups in total. The molecular formula is C10H19N2Na3O9. The number of aliphatic hydroxyl groups excluding tert-OH is 1. The predicted molar refractivity (Wildman–Crippen MR) is 86.0 cm³/mol. The summed E-state index contributed by atoms with van der Waals surface area (Å²) >= 11 is 0. The summed E-state index contributed by atoms with van der Waals surface area (Å²) in [7, 11) is 0. The standard InChI is InChI=1S/C10H16N2O9.3Na.3H/c13-6(12(4-9(18)19)5-10(20)21)1-11(2-7(14)15)3-8(16)17;;;;;;/h6,13H,1-5H2,(H,14,15)(H,16,17)(H,18,19)(H,20,21);;;;;;. The number of carbonyl (C=O) groups is 4. The van der Waals surface area contributed by atoms with Crippen molar-refractivity contribution in [3.8, 4) is 0 Å². The second-order valence-electron chi connectivity index (χ2n) is 4.13. The van der Waals surface area contributed by atoms with Crippen molar-refractivity contribution in [3.05, 3.63) is 0 Å².